The van der Waals surface area contributed by atoms with Crippen LogP contribution in [-0.4, -0.2) is 32.7 Å². The van der Waals surface area contributed by atoms with E-state index < -0.39 is 0 Å². The van der Waals surface area contributed by atoms with E-state index in [-0.39, 0.29) is 24.0 Å². The number of guanidine groups is 1. The quantitative estimate of drug-likeness (QED) is 0.274. The van der Waals surface area contributed by atoms with Gasteiger partial charge in [-0.05, 0) is 24.5 Å². The summed E-state index contributed by atoms with van der Waals surface area (Å²) in [5.74, 6) is 2.78. The second-order valence-corrected chi connectivity index (χ2v) is 6.51. The average Bonchev–Trinajstić information content (AvgIpc) is 3.42. The lowest BCUT2D eigenvalue weighted by Gasteiger charge is -2.11. The van der Waals surface area contributed by atoms with Gasteiger partial charge >= 0.3 is 0 Å². The molecule has 0 aromatic carbocycles. The summed E-state index contributed by atoms with van der Waals surface area (Å²) in [7, 11) is 1.74. The van der Waals surface area contributed by atoms with Crippen molar-refractivity contribution in [1.82, 2.24) is 30.3 Å². The lowest BCUT2D eigenvalue weighted by atomic mass is 9.99. The molecule has 0 spiro atoms. The Hall–Kier alpha value is -2.43. The number of aromatic nitrogens is 4. The standard InChI is InChI=1S/C20H27N7O.HI/c1-4-16(5-2)18-10-17(28-26-18)13-25-20(21-3)24-12-15-6-7-19(23-11-15)27-9-8-22-14-27;/h6-11,14,16H,4-5,12-13H2,1-3H3,(H2,21,24,25);1H. The minimum Gasteiger partial charge on any atom is -0.359 e. The van der Waals surface area contributed by atoms with Crippen LogP contribution in [0.2, 0.25) is 0 Å². The van der Waals surface area contributed by atoms with Crippen molar-refractivity contribution in [3.63, 3.8) is 0 Å². The monoisotopic (exact) mass is 509 g/mol. The van der Waals surface area contributed by atoms with E-state index in [1.54, 1.807) is 19.6 Å². The summed E-state index contributed by atoms with van der Waals surface area (Å²) in [5, 5.41) is 10.7. The Morgan fingerprint density at radius 2 is 2.00 bits per heavy atom. The Kier molecular flexibility index (Phi) is 9.10. The van der Waals surface area contributed by atoms with E-state index >= 15 is 0 Å². The summed E-state index contributed by atoms with van der Waals surface area (Å²) in [6.07, 6.45) is 9.29. The van der Waals surface area contributed by atoms with E-state index in [4.69, 9.17) is 4.52 Å². The minimum atomic E-state index is 0. The van der Waals surface area contributed by atoms with Crippen LogP contribution in [-0.2, 0) is 13.1 Å². The molecule has 3 heterocycles. The van der Waals surface area contributed by atoms with Crippen molar-refractivity contribution in [3.05, 3.63) is 60.1 Å². The smallest absolute Gasteiger partial charge is 0.191 e. The van der Waals surface area contributed by atoms with Gasteiger partial charge in [-0.2, -0.15) is 0 Å². The summed E-state index contributed by atoms with van der Waals surface area (Å²) in [4.78, 5) is 12.7. The summed E-state index contributed by atoms with van der Waals surface area (Å²) in [5.41, 5.74) is 2.08. The third kappa shape index (κ3) is 6.28. The molecule has 8 nitrogen and oxygen atoms in total. The zero-order valence-corrected chi connectivity index (χ0v) is 19.3. The molecule has 0 aliphatic rings. The Morgan fingerprint density at radius 1 is 1.21 bits per heavy atom. The molecule has 0 radical (unpaired) electrons. The van der Waals surface area contributed by atoms with E-state index in [0.29, 0.717) is 25.0 Å². The average molecular weight is 509 g/mol. The molecule has 0 atom stereocenters. The maximum Gasteiger partial charge on any atom is 0.191 e. The zero-order valence-electron chi connectivity index (χ0n) is 17.0. The Bertz CT molecular complexity index is 871. The lowest BCUT2D eigenvalue weighted by molar-refractivity contribution is 0.368. The van der Waals surface area contributed by atoms with Crippen LogP contribution < -0.4 is 10.6 Å². The molecule has 0 fully saturated rings. The molecular weight excluding hydrogens is 481 g/mol. The predicted molar refractivity (Wildman–Crippen MR) is 124 cm³/mol. The highest BCUT2D eigenvalue weighted by Gasteiger charge is 2.13. The van der Waals surface area contributed by atoms with Crippen molar-refractivity contribution in [2.24, 2.45) is 4.99 Å². The fraction of sp³-hybridized carbons (Fsp3) is 0.400. The molecule has 0 aliphatic carbocycles. The number of nitrogens with one attached hydrogen (secondary N) is 2. The maximum atomic E-state index is 5.44. The van der Waals surface area contributed by atoms with Gasteiger partial charge in [-0.15, -0.1) is 24.0 Å². The van der Waals surface area contributed by atoms with Gasteiger partial charge < -0.3 is 15.2 Å². The topological polar surface area (TPSA) is 93.2 Å². The molecule has 0 bridgehead atoms. The Balaban J connectivity index is 0.00000300. The lowest BCUT2D eigenvalue weighted by Crippen LogP contribution is -2.36. The van der Waals surface area contributed by atoms with Crippen molar-refractivity contribution in [2.75, 3.05) is 7.05 Å². The molecule has 29 heavy (non-hydrogen) atoms. The van der Waals surface area contributed by atoms with E-state index in [1.807, 2.05) is 35.2 Å². The van der Waals surface area contributed by atoms with Crippen molar-refractivity contribution in [1.29, 1.82) is 0 Å². The molecule has 0 aliphatic heterocycles. The first kappa shape index (κ1) is 22.9. The van der Waals surface area contributed by atoms with Gasteiger partial charge in [0.1, 0.15) is 12.1 Å². The van der Waals surface area contributed by atoms with E-state index in [1.165, 1.54) is 0 Å². The molecule has 156 valence electrons. The van der Waals surface area contributed by atoms with E-state index in [2.05, 4.69) is 44.6 Å². The van der Waals surface area contributed by atoms with Crippen LogP contribution in [0.15, 0.2) is 52.6 Å². The highest BCUT2D eigenvalue weighted by atomic mass is 127. The zero-order chi connectivity index (χ0) is 19.8. The SMILES string of the molecule is CCC(CC)c1cc(CNC(=NC)NCc2ccc(-n3ccnc3)nc2)on1.I. The first-order valence-corrected chi connectivity index (χ1v) is 9.56. The van der Waals surface area contributed by atoms with Gasteiger partial charge in [0.25, 0.3) is 0 Å². The predicted octanol–water partition coefficient (Wildman–Crippen LogP) is 3.64. The van der Waals surface area contributed by atoms with Crippen molar-refractivity contribution >= 4 is 29.9 Å². The number of halogens is 1. The highest BCUT2D eigenvalue weighted by molar-refractivity contribution is 14.0. The fourth-order valence-electron chi connectivity index (χ4n) is 2.96. The normalized spacial score (nSPS) is 11.4. The minimum absolute atomic E-state index is 0. The van der Waals surface area contributed by atoms with Crippen LogP contribution in [0.5, 0.6) is 0 Å². The molecule has 0 saturated heterocycles. The molecule has 3 rings (SSSR count). The van der Waals surface area contributed by atoms with Crippen molar-refractivity contribution in [3.8, 4) is 5.82 Å². The summed E-state index contributed by atoms with van der Waals surface area (Å²) >= 11 is 0. The summed E-state index contributed by atoms with van der Waals surface area (Å²) < 4.78 is 7.31. The van der Waals surface area contributed by atoms with Gasteiger partial charge in [0.2, 0.25) is 0 Å². The van der Waals surface area contributed by atoms with Gasteiger partial charge in [0.05, 0.1) is 12.2 Å². The Labute approximate surface area is 188 Å². The van der Waals surface area contributed by atoms with Gasteiger partial charge in [0.15, 0.2) is 11.7 Å². The molecule has 0 amide bonds. The van der Waals surface area contributed by atoms with Gasteiger partial charge in [-0.3, -0.25) is 9.56 Å². The fourth-order valence-corrected chi connectivity index (χ4v) is 2.96. The highest BCUT2D eigenvalue weighted by Crippen LogP contribution is 2.22. The van der Waals surface area contributed by atoms with Crippen LogP contribution in [0, 0.1) is 0 Å². The summed E-state index contributed by atoms with van der Waals surface area (Å²) in [6.45, 7) is 5.49. The molecule has 9 heteroatoms. The van der Waals surface area contributed by atoms with Crippen LogP contribution in [0.3, 0.4) is 0 Å². The largest absolute Gasteiger partial charge is 0.359 e. The molecule has 3 aromatic rings. The first-order chi connectivity index (χ1) is 13.7. The number of hydrogen-bond donors (Lipinski definition) is 2. The molecule has 0 unspecified atom stereocenters. The van der Waals surface area contributed by atoms with Crippen LogP contribution in [0.4, 0.5) is 0 Å². The van der Waals surface area contributed by atoms with Gasteiger partial charge in [-0.1, -0.05) is 25.1 Å². The van der Waals surface area contributed by atoms with Gasteiger partial charge in [0, 0.05) is 44.2 Å². The van der Waals surface area contributed by atoms with Crippen LogP contribution in [0.1, 0.15) is 49.6 Å². The number of rotatable bonds is 8. The number of pyridine rings is 1. The first-order valence-electron chi connectivity index (χ1n) is 9.56. The van der Waals surface area contributed by atoms with E-state index in [9.17, 15) is 0 Å². The number of nitrogens with zero attached hydrogens (tertiary/aromatic N) is 5. The molecule has 2 N–H and O–H groups in total. The van der Waals surface area contributed by atoms with Gasteiger partial charge in [-0.25, -0.2) is 9.97 Å². The maximum absolute atomic E-state index is 5.44. The third-order valence-corrected chi connectivity index (χ3v) is 4.67. The van der Waals surface area contributed by atoms with Crippen LogP contribution >= 0.6 is 24.0 Å². The molecule has 3 aromatic heterocycles. The van der Waals surface area contributed by atoms with Crippen LogP contribution in [0.25, 0.3) is 5.82 Å². The Morgan fingerprint density at radius 3 is 2.62 bits per heavy atom. The number of aliphatic imine (C=N–C) groups is 1. The van der Waals surface area contributed by atoms with Crippen molar-refractivity contribution in [2.45, 2.75) is 45.7 Å². The third-order valence-electron chi connectivity index (χ3n) is 4.67. The molecule has 0 saturated carbocycles. The van der Waals surface area contributed by atoms with Crippen molar-refractivity contribution < 1.29 is 4.52 Å². The second kappa shape index (κ2) is 11.5. The molecular formula is C20H28IN7O. The summed E-state index contributed by atoms with van der Waals surface area (Å²) in [6, 6.07) is 6.01. The second-order valence-electron chi connectivity index (χ2n) is 6.51. The number of imidazole rings is 1. The van der Waals surface area contributed by atoms with E-state index in [0.717, 1.165) is 35.7 Å². The number of hydrogen-bond acceptors (Lipinski definition) is 5.